The van der Waals surface area contributed by atoms with E-state index in [9.17, 15) is 5.11 Å². The first-order chi connectivity index (χ1) is 7.93. The van der Waals surface area contributed by atoms with Crippen molar-refractivity contribution >= 4 is 21.6 Å². The molecule has 1 N–H and O–H groups in total. The summed E-state index contributed by atoms with van der Waals surface area (Å²) in [5.41, 5.74) is 2.26. The van der Waals surface area contributed by atoms with E-state index in [2.05, 4.69) is 59.8 Å². The summed E-state index contributed by atoms with van der Waals surface area (Å²) in [7, 11) is 0. The molecule has 1 atom stereocenters. The summed E-state index contributed by atoms with van der Waals surface area (Å²) in [6.45, 7) is 7.36. The fraction of sp³-hybridized carbons (Fsp3) is 0.571. The molecular weight excluding hydrogens is 278 g/mol. The van der Waals surface area contributed by atoms with Gasteiger partial charge in [-0.05, 0) is 57.4 Å². The van der Waals surface area contributed by atoms with Crippen molar-refractivity contribution in [3.8, 4) is 0 Å². The van der Waals surface area contributed by atoms with E-state index in [-0.39, 0.29) is 11.6 Å². The molecule has 2 rings (SSSR count). The lowest BCUT2D eigenvalue weighted by Crippen LogP contribution is -2.56. The second-order valence-corrected chi connectivity index (χ2v) is 6.25. The first kappa shape index (κ1) is 12.9. The van der Waals surface area contributed by atoms with Crippen LogP contribution in [0.25, 0.3) is 0 Å². The Labute approximate surface area is 112 Å². The van der Waals surface area contributed by atoms with Gasteiger partial charge in [-0.1, -0.05) is 15.9 Å². The number of nitrogens with zero attached hydrogens (tertiary/aromatic N) is 1. The fourth-order valence-electron chi connectivity index (χ4n) is 2.52. The highest BCUT2D eigenvalue weighted by molar-refractivity contribution is 9.10. The van der Waals surface area contributed by atoms with Crippen LogP contribution in [0.5, 0.6) is 0 Å². The Morgan fingerprint density at radius 1 is 1.41 bits per heavy atom. The van der Waals surface area contributed by atoms with E-state index in [1.54, 1.807) is 0 Å². The summed E-state index contributed by atoms with van der Waals surface area (Å²) < 4.78 is 1.14. The van der Waals surface area contributed by atoms with Gasteiger partial charge in [0.25, 0.3) is 0 Å². The van der Waals surface area contributed by atoms with Gasteiger partial charge in [-0.3, -0.25) is 0 Å². The number of aliphatic hydroxyl groups is 1. The summed E-state index contributed by atoms with van der Waals surface area (Å²) in [5, 5.41) is 10.1. The molecule has 2 nitrogen and oxygen atoms in total. The van der Waals surface area contributed by atoms with Gasteiger partial charge in [0.2, 0.25) is 0 Å². The number of rotatable bonds is 1. The van der Waals surface area contributed by atoms with Crippen LogP contribution in [0.1, 0.15) is 32.3 Å². The smallest absolute Gasteiger partial charge is 0.0767 e. The molecule has 0 aliphatic carbocycles. The lowest BCUT2D eigenvalue weighted by molar-refractivity contribution is 0.0711. The third kappa shape index (κ3) is 2.36. The molecule has 94 valence electrons. The van der Waals surface area contributed by atoms with Crippen LogP contribution in [0.3, 0.4) is 0 Å². The number of aryl methyl sites for hydroxylation is 1. The monoisotopic (exact) mass is 297 g/mol. The van der Waals surface area contributed by atoms with Gasteiger partial charge in [0.05, 0.1) is 11.6 Å². The van der Waals surface area contributed by atoms with Crippen LogP contribution in [0.15, 0.2) is 22.7 Å². The van der Waals surface area contributed by atoms with E-state index in [0.29, 0.717) is 0 Å². The number of anilines is 1. The predicted molar refractivity (Wildman–Crippen MR) is 75.5 cm³/mol. The van der Waals surface area contributed by atoms with Crippen LogP contribution in [0.2, 0.25) is 0 Å². The number of hydrogen-bond donors (Lipinski definition) is 1. The van der Waals surface area contributed by atoms with Crippen LogP contribution in [0.4, 0.5) is 5.69 Å². The van der Waals surface area contributed by atoms with Crippen molar-refractivity contribution in [1.82, 2.24) is 0 Å². The zero-order valence-electron chi connectivity index (χ0n) is 10.7. The van der Waals surface area contributed by atoms with Gasteiger partial charge >= 0.3 is 0 Å². The molecule has 0 aromatic heterocycles. The van der Waals surface area contributed by atoms with E-state index >= 15 is 0 Å². The summed E-state index contributed by atoms with van der Waals surface area (Å²) >= 11 is 3.53. The topological polar surface area (TPSA) is 23.5 Å². The zero-order valence-corrected chi connectivity index (χ0v) is 12.3. The standard InChI is InChI=1S/C14H20BrNO/c1-10-9-11(6-7-12(10)15)16-8-4-5-13(17)14(16,2)3/h6-7,9,13,17H,4-5,8H2,1-3H3. The Balaban J connectivity index is 2.35. The molecular formula is C14H20BrNO. The number of piperidine rings is 1. The summed E-state index contributed by atoms with van der Waals surface area (Å²) in [6.07, 6.45) is 1.71. The molecule has 1 aliphatic heterocycles. The largest absolute Gasteiger partial charge is 0.391 e. The zero-order chi connectivity index (χ0) is 12.6. The van der Waals surface area contributed by atoms with Crippen LogP contribution >= 0.6 is 15.9 Å². The molecule has 0 amide bonds. The maximum absolute atomic E-state index is 10.1. The van der Waals surface area contributed by atoms with E-state index in [1.807, 2.05) is 0 Å². The van der Waals surface area contributed by atoms with Crippen LogP contribution in [0, 0.1) is 6.92 Å². The van der Waals surface area contributed by atoms with E-state index in [4.69, 9.17) is 0 Å². The maximum atomic E-state index is 10.1. The highest BCUT2D eigenvalue weighted by Gasteiger charge is 2.37. The predicted octanol–water partition coefficient (Wildman–Crippen LogP) is 3.50. The van der Waals surface area contributed by atoms with Crippen molar-refractivity contribution in [3.63, 3.8) is 0 Å². The number of aliphatic hydroxyl groups excluding tert-OH is 1. The second-order valence-electron chi connectivity index (χ2n) is 5.40. The third-order valence-electron chi connectivity index (χ3n) is 3.82. The molecule has 3 heteroatoms. The second kappa shape index (κ2) is 4.62. The van der Waals surface area contributed by atoms with Gasteiger partial charge in [0, 0.05) is 16.7 Å². The Kier molecular flexibility index (Phi) is 3.50. The summed E-state index contributed by atoms with van der Waals surface area (Å²) in [6, 6.07) is 6.39. The van der Waals surface area contributed by atoms with Gasteiger partial charge in [-0.15, -0.1) is 0 Å². The average Bonchev–Trinajstić information content (AvgIpc) is 2.26. The fourth-order valence-corrected chi connectivity index (χ4v) is 2.77. The highest BCUT2D eigenvalue weighted by Crippen LogP contribution is 2.34. The van der Waals surface area contributed by atoms with Crippen molar-refractivity contribution < 1.29 is 5.11 Å². The van der Waals surface area contributed by atoms with Crippen molar-refractivity contribution in [2.45, 2.75) is 45.3 Å². The van der Waals surface area contributed by atoms with Crippen LogP contribution in [-0.4, -0.2) is 23.3 Å². The minimum atomic E-state index is -0.250. The maximum Gasteiger partial charge on any atom is 0.0767 e. The van der Waals surface area contributed by atoms with Gasteiger partial charge in [0.1, 0.15) is 0 Å². The Morgan fingerprint density at radius 2 is 2.12 bits per heavy atom. The minimum absolute atomic E-state index is 0.182. The van der Waals surface area contributed by atoms with E-state index in [1.165, 1.54) is 11.3 Å². The molecule has 17 heavy (non-hydrogen) atoms. The molecule has 0 spiro atoms. The van der Waals surface area contributed by atoms with Gasteiger partial charge in [0.15, 0.2) is 0 Å². The lowest BCUT2D eigenvalue weighted by atomic mass is 9.86. The first-order valence-corrected chi connectivity index (χ1v) is 6.94. The highest BCUT2D eigenvalue weighted by atomic mass is 79.9. The molecule has 1 heterocycles. The van der Waals surface area contributed by atoms with E-state index < -0.39 is 0 Å². The van der Waals surface area contributed by atoms with E-state index in [0.717, 1.165) is 23.9 Å². The molecule has 0 radical (unpaired) electrons. The Bertz CT molecular complexity index is 417. The van der Waals surface area contributed by atoms with Gasteiger partial charge in [-0.25, -0.2) is 0 Å². The normalized spacial score (nSPS) is 23.8. The van der Waals surface area contributed by atoms with Crippen molar-refractivity contribution in [1.29, 1.82) is 0 Å². The molecule has 1 aromatic carbocycles. The SMILES string of the molecule is Cc1cc(N2CCCC(O)C2(C)C)ccc1Br. The minimum Gasteiger partial charge on any atom is -0.391 e. The molecule has 0 bridgehead atoms. The van der Waals surface area contributed by atoms with Gasteiger partial charge < -0.3 is 10.0 Å². The van der Waals surface area contributed by atoms with Gasteiger partial charge in [-0.2, -0.15) is 0 Å². The molecule has 0 saturated carbocycles. The summed E-state index contributed by atoms with van der Waals surface area (Å²) in [4.78, 5) is 2.32. The molecule has 1 aliphatic rings. The molecule has 1 fully saturated rings. The molecule has 1 saturated heterocycles. The first-order valence-electron chi connectivity index (χ1n) is 6.15. The Hall–Kier alpha value is -0.540. The number of halogens is 1. The van der Waals surface area contributed by atoms with Crippen LogP contribution < -0.4 is 4.90 Å². The van der Waals surface area contributed by atoms with Crippen molar-refractivity contribution in [2.75, 3.05) is 11.4 Å². The van der Waals surface area contributed by atoms with Crippen molar-refractivity contribution in [2.24, 2.45) is 0 Å². The van der Waals surface area contributed by atoms with Crippen molar-refractivity contribution in [3.05, 3.63) is 28.2 Å². The summed E-state index contributed by atoms with van der Waals surface area (Å²) in [5.74, 6) is 0. The average molecular weight is 298 g/mol. The number of benzene rings is 1. The molecule has 1 aromatic rings. The lowest BCUT2D eigenvalue weighted by Gasteiger charge is -2.47. The quantitative estimate of drug-likeness (QED) is 0.858. The Morgan fingerprint density at radius 3 is 2.76 bits per heavy atom. The third-order valence-corrected chi connectivity index (χ3v) is 4.71. The number of hydrogen-bond acceptors (Lipinski definition) is 2. The van der Waals surface area contributed by atoms with Crippen LogP contribution in [-0.2, 0) is 0 Å². The molecule has 1 unspecified atom stereocenters.